The van der Waals surface area contributed by atoms with E-state index in [1.165, 1.54) is 23.9 Å². The summed E-state index contributed by atoms with van der Waals surface area (Å²) in [5.74, 6) is -0.131. The minimum Gasteiger partial charge on any atom is -0.323 e. The Hall–Kier alpha value is -2.67. The van der Waals surface area contributed by atoms with Gasteiger partial charge in [-0.2, -0.15) is 0 Å². The van der Waals surface area contributed by atoms with Gasteiger partial charge in [-0.1, -0.05) is 53.7 Å². The average molecular weight is 356 g/mol. The number of H-pyrrole nitrogens is 1. The van der Waals surface area contributed by atoms with Crippen LogP contribution in [-0.4, -0.2) is 26.3 Å². The molecule has 0 radical (unpaired) electrons. The van der Waals surface area contributed by atoms with E-state index in [-0.39, 0.29) is 11.6 Å². The topological polar surface area (TPSA) is 70.7 Å². The number of rotatable bonds is 5. The quantitative estimate of drug-likeness (QED) is 0.677. The van der Waals surface area contributed by atoms with Gasteiger partial charge in [0.1, 0.15) is 5.82 Å². The molecule has 1 amide bonds. The maximum absolute atomic E-state index is 13.6. The van der Waals surface area contributed by atoms with Crippen molar-refractivity contribution in [3.8, 4) is 11.4 Å². The molecule has 0 aliphatic heterocycles. The molecule has 0 aliphatic carbocycles. The lowest BCUT2D eigenvalue weighted by Crippen LogP contribution is -2.23. The summed E-state index contributed by atoms with van der Waals surface area (Å²) in [7, 11) is 0. The first-order valence-electron chi connectivity index (χ1n) is 7.74. The fourth-order valence-corrected chi connectivity index (χ4v) is 2.87. The largest absolute Gasteiger partial charge is 0.323 e. The molecule has 0 bridgehead atoms. The number of amides is 1. The zero-order valence-electron chi connectivity index (χ0n) is 13.8. The summed E-state index contributed by atoms with van der Waals surface area (Å²) in [4.78, 5) is 16.6. The van der Waals surface area contributed by atoms with Gasteiger partial charge in [0.25, 0.3) is 0 Å². The Morgan fingerprint density at radius 1 is 1.20 bits per heavy atom. The molecule has 1 atom stereocenters. The highest BCUT2D eigenvalue weighted by Crippen LogP contribution is 2.24. The number of para-hydroxylation sites is 1. The van der Waals surface area contributed by atoms with E-state index in [0.29, 0.717) is 11.0 Å². The standard InChI is InChI=1S/C18H17FN4OS/c1-11-7-9-13(10-8-11)16-21-18(23-22-16)25-12(2)17(24)20-15-6-4-3-5-14(15)19/h3-10,12H,1-2H3,(H,20,24)(H,21,22,23)/t12-/m1/s1. The molecule has 1 heterocycles. The van der Waals surface area contributed by atoms with Crippen molar-refractivity contribution in [2.24, 2.45) is 0 Å². The fourth-order valence-electron chi connectivity index (χ4n) is 2.15. The molecule has 0 fully saturated rings. The lowest BCUT2D eigenvalue weighted by molar-refractivity contribution is -0.115. The third-order valence-electron chi connectivity index (χ3n) is 3.57. The molecule has 0 aliphatic rings. The smallest absolute Gasteiger partial charge is 0.237 e. The summed E-state index contributed by atoms with van der Waals surface area (Å²) < 4.78 is 13.6. The molecule has 3 rings (SSSR count). The fraction of sp³-hybridized carbons (Fsp3) is 0.167. The lowest BCUT2D eigenvalue weighted by atomic mass is 10.1. The van der Waals surface area contributed by atoms with Gasteiger partial charge in [-0.05, 0) is 26.0 Å². The zero-order chi connectivity index (χ0) is 17.8. The average Bonchev–Trinajstić information content (AvgIpc) is 3.06. The molecule has 5 nitrogen and oxygen atoms in total. The van der Waals surface area contributed by atoms with Gasteiger partial charge in [0.15, 0.2) is 5.82 Å². The first-order chi connectivity index (χ1) is 12.0. The van der Waals surface area contributed by atoms with Crippen molar-refractivity contribution in [1.29, 1.82) is 0 Å². The van der Waals surface area contributed by atoms with Crippen LogP contribution in [0.3, 0.4) is 0 Å². The number of nitrogens with one attached hydrogen (secondary N) is 2. The van der Waals surface area contributed by atoms with Gasteiger partial charge in [0.2, 0.25) is 11.1 Å². The van der Waals surface area contributed by atoms with Crippen LogP contribution in [0, 0.1) is 12.7 Å². The van der Waals surface area contributed by atoms with E-state index >= 15 is 0 Å². The van der Waals surface area contributed by atoms with Crippen molar-refractivity contribution in [3.05, 3.63) is 59.9 Å². The van der Waals surface area contributed by atoms with Gasteiger partial charge >= 0.3 is 0 Å². The molecular weight excluding hydrogens is 339 g/mol. The molecule has 2 N–H and O–H groups in total. The summed E-state index contributed by atoms with van der Waals surface area (Å²) >= 11 is 1.21. The van der Waals surface area contributed by atoms with Crippen molar-refractivity contribution >= 4 is 23.4 Å². The van der Waals surface area contributed by atoms with Gasteiger partial charge in [-0.3, -0.25) is 9.89 Å². The second-order valence-electron chi connectivity index (χ2n) is 5.56. The Morgan fingerprint density at radius 2 is 1.92 bits per heavy atom. The minimum atomic E-state index is -0.471. The maximum atomic E-state index is 13.6. The molecule has 7 heteroatoms. The van der Waals surface area contributed by atoms with E-state index in [9.17, 15) is 9.18 Å². The molecular formula is C18H17FN4OS. The Kier molecular flexibility index (Phi) is 5.14. The van der Waals surface area contributed by atoms with E-state index in [0.717, 1.165) is 11.1 Å². The van der Waals surface area contributed by atoms with Crippen LogP contribution in [0.4, 0.5) is 10.1 Å². The number of carbonyl (C=O) groups excluding carboxylic acids is 1. The van der Waals surface area contributed by atoms with E-state index in [2.05, 4.69) is 20.5 Å². The molecule has 128 valence electrons. The van der Waals surface area contributed by atoms with Crippen LogP contribution >= 0.6 is 11.8 Å². The highest BCUT2D eigenvalue weighted by Gasteiger charge is 2.18. The van der Waals surface area contributed by atoms with E-state index in [1.807, 2.05) is 31.2 Å². The Balaban J connectivity index is 1.65. The number of carbonyl (C=O) groups is 1. The number of hydrogen-bond acceptors (Lipinski definition) is 4. The summed E-state index contributed by atoms with van der Waals surface area (Å²) in [6.07, 6.45) is 0. The molecule has 0 saturated carbocycles. The van der Waals surface area contributed by atoms with Crippen LogP contribution in [0.2, 0.25) is 0 Å². The van der Waals surface area contributed by atoms with Gasteiger partial charge in [-0.25, -0.2) is 9.37 Å². The minimum absolute atomic E-state index is 0.162. The normalized spacial score (nSPS) is 12.0. The second-order valence-corrected chi connectivity index (χ2v) is 6.87. The number of hydrogen-bond donors (Lipinski definition) is 2. The molecule has 3 aromatic rings. The number of halogens is 1. The number of aromatic nitrogens is 3. The van der Waals surface area contributed by atoms with Gasteiger partial charge in [0, 0.05) is 5.56 Å². The van der Waals surface area contributed by atoms with E-state index in [4.69, 9.17) is 0 Å². The first kappa shape index (κ1) is 17.2. The molecule has 0 saturated heterocycles. The third kappa shape index (κ3) is 4.24. The van der Waals surface area contributed by atoms with Crippen molar-refractivity contribution in [2.45, 2.75) is 24.3 Å². The summed E-state index contributed by atoms with van der Waals surface area (Å²) in [6, 6.07) is 14.0. The highest BCUT2D eigenvalue weighted by atomic mass is 32.2. The number of anilines is 1. The Labute approximate surface area is 149 Å². The molecule has 0 unspecified atom stereocenters. The monoisotopic (exact) mass is 356 g/mol. The van der Waals surface area contributed by atoms with Crippen LogP contribution in [0.5, 0.6) is 0 Å². The first-order valence-corrected chi connectivity index (χ1v) is 8.62. The lowest BCUT2D eigenvalue weighted by Gasteiger charge is -2.10. The van der Waals surface area contributed by atoms with Crippen molar-refractivity contribution in [1.82, 2.24) is 15.2 Å². The summed E-state index contributed by atoms with van der Waals surface area (Å²) in [5, 5.41) is 9.57. The van der Waals surface area contributed by atoms with Crippen LogP contribution in [0.15, 0.2) is 53.7 Å². The van der Waals surface area contributed by atoms with Crippen molar-refractivity contribution < 1.29 is 9.18 Å². The summed E-state index contributed by atoms with van der Waals surface area (Å²) in [5.41, 5.74) is 2.25. The predicted molar refractivity (Wildman–Crippen MR) is 96.9 cm³/mol. The van der Waals surface area contributed by atoms with E-state index < -0.39 is 11.1 Å². The van der Waals surface area contributed by atoms with Crippen LogP contribution in [0.25, 0.3) is 11.4 Å². The van der Waals surface area contributed by atoms with Crippen LogP contribution in [0.1, 0.15) is 12.5 Å². The van der Waals surface area contributed by atoms with Crippen LogP contribution < -0.4 is 5.32 Å². The van der Waals surface area contributed by atoms with Gasteiger partial charge in [0.05, 0.1) is 10.9 Å². The predicted octanol–water partition coefficient (Wildman–Crippen LogP) is 4.04. The number of aromatic amines is 1. The summed E-state index contributed by atoms with van der Waals surface area (Å²) in [6.45, 7) is 3.74. The number of benzene rings is 2. The van der Waals surface area contributed by atoms with Gasteiger partial charge in [-0.15, -0.1) is 5.10 Å². The zero-order valence-corrected chi connectivity index (χ0v) is 14.6. The second kappa shape index (κ2) is 7.48. The third-order valence-corrected chi connectivity index (χ3v) is 4.53. The SMILES string of the molecule is Cc1ccc(-c2nc(S[C@H](C)C(=O)Nc3ccccc3F)n[nH]2)cc1. The highest BCUT2D eigenvalue weighted by molar-refractivity contribution is 8.00. The Morgan fingerprint density at radius 3 is 2.64 bits per heavy atom. The van der Waals surface area contributed by atoms with Crippen molar-refractivity contribution in [2.75, 3.05) is 5.32 Å². The number of aryl methyl sites for hydroxylation is 1. The molecule has 1 aromatic heterocycles. The maximum Gasteiger partial charge on any atom is 0.237 e. The van der Waals surface area contributed by atoms with Crippen molar-refractivity contribution in [3.63, 3.8) is 0 Å². The number of thioether (sulfide) groups is 1. The van der Waals surface area contributed by atoms with Gasteiger partial charge < -0.3 is 5.32 Å². The molecule has 0 spiro atoms. The molecule has 25 heavy (non-hydrogen) atoms. The van der Waals surface area contributed by atoms with Crippen LogP contribution in [-0.2, 0) is 4.79 Å². The number of nitrogens with zero attached hydrogens (tertiary/aromatic N) is 2. The Bertz CT molecular complexity index is 879. The van der Waals surface area contributed by atoms with E-state index in [1.54, 1.807) is 19.1 Å². The molecule has 2 aromatic carbocycles.